The Morgan fingerprint density at radius 3 is 2.61 bits per heavy atom. The van der Waals surface area contributed by atoms with Gasteiger partial charge in [-0.25, -0.2) is 4.98 Å². The zero-order chi connectivity index (χ0) is 13.0. The number of amides is 1. The number of carbonyl (C=O) groups excluding carboxylic acids is 1. The molecule has 1 aromatic heterocycles. The predicted molar refractivity (Wildman–Crippen MR) is 69.1 cm³/mol. The summed E-state index contributed by atoms with van der Waals surface area (Å²) in [6, 6.07) is 11.4. The average Bonchev–Trinajstić information content (AvgIpc) is 2.39. The van der Waals surface area contributed by atoms with Gasteiger partial charge in [0.15, 0.2) is 0 Å². The van der Waals surface area contributed by atoms with Gasteiger partial charge >= 0.3 is 0 Å². The molecule has 0 spiro atoms. The quantitative estimate of drug-likeness (QED) is 0.888. The first-order valence-corrected chi connectivity index (χ1v) is 5.57. The van der Waals surface area contributed by atoms with Crippen LogP contribution in [0.2, 0.25) is 0 Å². The molecule has 0 aliphatic heterocycles. The molecule has 0 radical (unpaired) electrons. The van der Waals surface area contributed by atoms with Crippen molar-refractivity contribution in [3.63, 3.8) is 0 Å². The summed E-state index contributed by atoms with van der Waals surface area (Å²) in [5.41, 5.74) is 7.96. The smallest absolute Gasteiger partial charge is 0.221 e. The fourth-order valence-corrected chi connectivity index (χ4v) is 1.78. The van der Waals surface area contributed by atoms with Crippen LogP contribution in [-0.4, -0.2) is 18.0 Å². The molecule has 0 aliphatic carbocycles. The Labute approximate surface area is 105 Å². The molecule has 0 unspecified atom stereocenters. The van der Waals surface area contributed by atoms with Crippen LogP contribution in [0.1, 0.15) is 5.56 Å². The molecule has 18 heavy (non-hydrogen) atoms. The van der Waals surface area contributed by atoms with Crippen molar-refractivity contribution in [2.45, 2.75) is 6.42 Å². The van der Waals surface area contributed by atoms with E-state index in [9.17, 15) is 4.79 Å². The molecular formula is C14H14N2O2. The number of hydrogen-bond acceptors (Lipinski definition) is 3. The first-order chi connectivity index (χ1) is 8.70. The van der Waals surface area contributed by atoms with E-state index in [1.165, 1.54) is 0 Å². The minimum atomic E-state index is -0.332. The third-order valence-corrected chi connectivity index (χ3v) is 2.61. The van der Waals surface area contributed by atoms with Gasteiger partial charge in [-0.1, -0.05) is 24.3 Å². The van der Waals surface area contributed by atoms with Crippen LogP contribution in [-0.2, 0) is 11.2 Å². The highest BCUT2D eigenvalue weighted by atomic mass is 16.5. The molecule has 4 nitrogen and oxygen atoms in total. The Bertz CT molecular complexity index is 550. The van der Waals surface area contributed by atoms with Crippen molar-refractivity contribution in [2.24, 2.45) is 5.73 Å². The number of benzene rings is 1. The lowest BCUT2D eigenvalue weighted by Crippen LogP contribution is -2.13. The van der Waals surface area contributed by atoms with E-state index in [2.05, 4.69) is 4.98 Å². The Morgan fingerprint density at radius 1 is 1.28 bits per heavy atom. The Morgan fingerprint density at radius 2 is 2.00 bits per heavy atom. The highest BCUT2D eigenvalue weighted by Gasteiger charge is 2.06. The average molecular weight is 242 g/mol. The number of ether oxygens (including phenoxy) is 1. The van der Waals surface area contributed by atoms with Crippen LogP contribution >= 0.6 is 0 Å². The molecule has 0 aliphatic rings. The minimum Gasteiger partial charge on any atom is -0.481 e. The van der Waals surface area contributed by atoms with Gasteiger partial charge in [-0.2, -0.15) is 0 Å². The van der Waals surface area contributed by atoms with Gasteiger partial charge in [0, 0.05) is 11.8 Å². The van der Waals surface area contributed by atoms with E-state index >= 15 is 0 Å². The summed E-state index contributed by atoms with van der Waals surface area (Å²) in [5.74, 6) is 0.252. The number of nitrogens with two attached hydrogens (primary N) is 1. The molecule has 0 fully saturated rings. The topological polar surface area (TPSA) is 65.2 Å². The molecule has 4 heteroatoms. The SMILES string of the molecule is COc1ncccc1-c1ccc(CC(N)=O)cc1. The van der Waals surface area contributed by atoms with Gasteiger partial charge in [0.05, 0.1) is 13.5 Å². The summed E-state index contributed by atoms with van der Waals surface area (Å²) < 4.78 is 5.21. The number of rotatable bonds is 4. The number of aromatic nitrogens is 1. The van der Waals surface area contributed by atoms with Crippen LogP contribution < -0.4 is 10.5 Å². The van der Waals surface area contributed by atoms with Crippen LogP contribution in [0.5, 0.6) is 5.88 Å². The van der Waals surface area contributed by atoms with Gasteiger partial charge in [0.1, 0.15) is 0 Å². The normalized spacial score (nSPS) is 10.1. The fourth-order valence-electron chi connectivity index (χ4n) is 1.78. The van der Waals surface area contributed by atoms with Gasteiger partial charge < -0.3 is 10.5 Å². The van der Waals surface area contributed by atoms with Crippen molar-refractivity contribution in [3.8, 4) is 17.0 Å². The van der Waals surface area contributed by atoms with Crippen molar-refractivity contribution >= 4 is 5.91 Å². The van der Waals surface area contributed by atoms with E-state index in [-0.39, 0.29) is 12.3 Å². The Balaban J connectivity index is 2.31. The van der Waals surface area contributed by atoms with Crippen LogP contribution in [0.25, 0.3) is 11.1 Å². The second-order valence-electron chi connectivity index (χ2n) is 3.90. The molecule has 1 heterocycles. The monoisotopic (exact) mass is 242 g/mol. The molecule has 0 atom stereocenters. The second kappa shape index (κ2) is 5.31. The molecule has 1 aromatic carbocycles. The molecule has 2 rings (SSSR count). The molecule has 0 saturated carbocycles. The first kappa shape index (κ1) is 12.1. The van der Waals surface area contributed by atoms with E-state index in [1.807, 2.05) is 36.4 Å². The second-order valence-corrected chi connectivity index (χ2v) is 3.90. The van der Waals surface area contributed by atoms with E-state index in [0.29, 0.717) is 5.88 Å². The maximum atomic E-state index is 10.8. The van der Waals surface area contributed by atoms with Crippen LogP contribution in [0.15, 0.2) is 42.6 Å². The molecule has 0 bridgehead atoms. The van der Waals surface area contributed by atoms with Gasteiger partial charge in [0.25, 0.3) is 0 Å². The van der Waals surface area contributed by atoms with E-state index in [4.69, 9.17) is 10.5 Å². The van der Waals surface area contributed by atoms with Gasteiger partial charge in [-0.15, -0.1) is 0 Å². The predicted octanol–water partition coefficient (Wildman–Crippen LogP) is 1.78. The molecule has 2 aromatic rings. The summed E-state index contributed by atoms with van der Waals surface area (Å²) in [6.07, 6.45) is 1.94. The van der Waals surface area contributed by atoms with E-state index in [0.717, 1.165) is 16.7 Å². The van der Waals surface area contributed by atoms with Crippen molar-refractivity contribution in [1.82, 2.24) is 4.98 Å². The summed E-state index contributed by atoms with van der Waals surface area (Å²) in [5, 5.41) is 0. The highest BCUT2D eigenvalue weighted by Crippen LogP contribution is 2.27. The zero-order valence-corrected chi connectivity index (χ0v) is 10.1. The first-order valence-electron chi connectivity index (χ1n) is 5.57. The molecule has 0 saturated heterocycles. The zero-order valence-electron chi connectivity index (χ0n) is 10.1. The molecular weight excluding hydrogens is 228 g/mol. The standard InChI is InChI=1S/C14H14N2O2/c1-18-14-12(3-2-8-16-14)11-6-4-10(5-7-11)9-13(15)17/h2-8H,9H2,1H3,(H2,15,17). The number of primary amides is 1. The minimum absolute atomic E-state index is 0.254. The van der Waals surface area contributed by atoms with Gasteiger partial charge in [-0.3, -0.25) is 4.79 Å². The van der Waals surface area contributed by atoms with Crippen molar-refractivity contribution < 1.29 is 9.53 Å². The summed E-state index contributed by atoms with van der Waals surface area (Å²) in [4.78, 5) is 15.0. The molecule has 2 N–H and O–H groups in total. The fraction of sp³-hybridized carbons (Fsp3) is 0.143. The maximum absolute atomic E-state index is 10.8. The molecule has 92 valence electrons. The van der Waals surface area contributed by atoms with Gasteiger partial charge in [-0.05, 0) is 23.3 Å². The van der Waals surface area contributed by atoms with Crippen molar-refractivity contribution in [2.75, 3.05) is 7.11 Å². The summed E-state index contributed by atoms with van der Waals surface area (Å²) >= 11 is 0. The number of nitrogens with zero attached hydrogens (tertiary/aromatic N) is 1. The largest absolute Gasteiger partial charge is 0.481 e. The molecule has 1 amide bonds. The highest BCUT2D eigenvalue weighted by molar-refractivity contribution is 5.77. The lowest BCUT2D eigenvalue weighted by Gasteiger charge is -2.07. The number of carbonyl (C=O) groups is 1. The van der Waals surface area contributed by atoms with Crippen LogP contribution in [0, 0.1) is 0 Å². The number of pyridine rings is 1. The summed E-state index contributed by atoms with van der Waals surface area (Å²) in [7, 11) is 1.59. The van der Waals surface area contributed by atoms with Crippen molar-refractivity contribution in [3.05, 3.63) is 48.2 Å². The lowest BCUT2D eigenvalue weighted by molar-refractivity contribution is -0.117. The Hall–Kier alpha value is -2.36. The maximum Gasteiger partial charge on any atom is 0.221 e. The van der Waals surface area contributed by atoms with E-state index < -0.39 is 0 Å². The number of methoxy groups -OCH3 is 1. The third-order valence-electron chi connectivity index (χ3n) is 2.61. The van der Waals surface area contributed by atoms with Crippen LogP contribution in [0.4, 0.5) is 0 Å². The van der Waals surface area contributed by atoms with Crippen molar-refractivity contribution in [1.29, 1.82) is 0 Å². The lowest BCUT2D eigenvalue weighted by atomic mass is 10.0. The third kappa shape index (κ3) is 2.66. The van der Waals surface area contributed by atoms with E-state index in [1.54, 1.807) is 13.3 Å². The Kier molecular flexibility index (Phi) is 3.57. The summed E-state index contributed by atoms with van der Waals surface area (Å²) in [6.45, 7) is 0. The number of hydrogen-bond donors (Lipinski definition) is 1. The van der Waals surface area contributed by atoms with Crippen LogP contribution in [0.3, 0.4) is 0 Å². The van der Waals surface area contributed by atoms with Gasteiger partial charge in [0.2, 0.25) is 11.8 Å².